The van der Waals surface area contributed by atoms with E-state index >= 15 is 0 Å². The minimum atomic E-state index is 0.230. The van der Waals surface area contributed by atoms with E-state index in [4.69, 9.17) is 11.6 Å². The summed E-state index contributed by atoms with van der Waals surface area (Å²) in [5.74, 6) is 0. The Morgan fingerprint density at radius 3 is 2.74 bits per heavy atom. The summed E-state index contributed by atoms with van der Waals surface area (Å²) in [7, 11) is 0. The average Bonchev–Trinajstić information content (AvgIpc) is 2.46. The summed E-state index contributed by atoms with van der Waals surface area (Å²) < 4.78 is 0. The summed E-state index contributed by atoms with van der Waals surface area (Å²) >= 11 is 6.18. The zero-order valence-electron chi connectivity index (χ0n) is 11.0. The van der Waals surface area contributed by atoms with Gasteiger partial charge >= 0.3 is 0 Å². The highest BCUT2D eigenvalue weighted by atomic mass is 35.5. The van der Waals surface area contributed by atoms with E-state index in [9.17, 15) is 0 Å². The van der Waals surface area contributed by atoms with Gasteiger partial charge in [0.1, 0.15) is 0 Å². The maximum Gasteiger partial charge on any atom is 0.0622 e. The van der Waals surface area contributed by atoms with Crippen molar-refractivity contribution in [3.05, 3.63) is 59.1 Å². The van der Waals surface area contributed by atoms with Crippen LogP contribution in [0.5, 0.6) is 0 Å². The third kappa shape index (κ3) is 4.01. The Morgan fingerprint density at radius 2 is 2.05 bits per heavy atom. The van der Waals surface area contributed by atoms with Crippen LogP contribution in [0.4, 0.5) is 0 Å². The molecule has 0 spiro atoms. The van der Waals surface area contributed by atoms with E-state index in [-0.39, 0.29) is 6.04 Å². The van der Waals surface area contributed by atoms with Gasteiger partial charge in [-0.05, 0) is 42.6 Å². The molecule has 100 valence electrons. The number of halogens is 1. The first-order valence-electron chi connectivity index (χ1n) is 6.53. The fourth-order valence-corrected chi connectivity index (χ4v) is 2.19. The molecule has 4 heteroatoms. The van der Waals surface area contributed by atoms with Gasteiger partial charge < -0.3 is 5.32 Å². The van der Waals surface area contributed by atoms with E-state index in [0.717, 1.165) is 30.0 Å². The number of nitrogens with one attached hydrogen (secondary N) is 1. The lowest BCUT2D eigenvalue weighted by molar-refractivity contribution is 0.528. The van der Waals surface area contributed by atoms with E-state index in [1.807, 2.05) is 18.3 Å². The molecule has 0 bridgehead atoms. The van der Waals surface area contributed by atoms with Crippen LogP contribution in [0, 0.1) is 0 Å². The summed E-state index contributed by atoms with van der Waals surface area (Å²) in [6.07, 6.45) is 9.11. The Kier molecular flexibility index (Phi) is 5.31. The third-order valence-electron chi connectivity index (χ3n) is 3.01. The topological polar surface area (TPSA) is 37.8 Å². The van der Waals surface area contributed by atoms with Crippen LogP contribution in [0.15, 0.2) is 43.0 Å². The molecular weight excluding hydrogens is 258 g/mol. The molecule has 2 aromatic rings. The van der Waals surface area contributed by atoms with Crippen LogP contribution in [-0.2, 0) is 6.42 Å². The molecule has 0 aliphatic carbocycles. The number of nitrogens with zero attached hydrogens (tertiary/aromatic N) is 2. The monoisotopic (exact) mass is 275 g/mol. The van der Waals surface area contributed by atoms with Crippen LogP contribution in [-0.4, -0.2) is 16.5 Å². The first-order valence-corrected chi connectivity index (χ1v) is 6.90. The second-order valence-electron chi connectivity index (χ2n) is 4.46. The first kappa shape index (κ1) is 14.0. The first-order chi connectivity index (χ1) is 9.31. The molecule has 1 unspecified atom stereocenters. The molecule has 0 fully saturated rings. The van der Waals surface area contributed by atoms with Crippen molar-refractivity contribution >= 4 is 11.6 Å². The van der Waals surface area contributed by atoms with E-state index in [0.29, 0.717) is 0 Å². The summed E-state index contributed by atoms with van der Waals surface area (Å²) in [4.78, 5) is 8.21. The summed E-state index contributed by atoms with van der Waals surface area (Å²) in [6, 6.07) is 6.26. The van der Waals surface area contributed by atoms with Gasteiger partial charge in [-0.1, -0.05) is 24.6 Å². The molecule has 0 amide bonds. The highest BCUT2D eigenvalue weighted by Crippen LogP contribution is 2.22. The Bertz CT molecular complexity index is 502. The van der Waals surface area contributed by atoms with Gasteiger partial charge in [0, 0.05) is 30.8 Å². The molecule has 0 saturated carbocycles. The molecular formula is C15H18ClN3. The van der Waals surface area contributed by atoms with E-state index in [2.05, 4.69) is 28.3 Å². The molecule has 3 nitrogen and oxygen atoms in total. The molecule has 2 heterocycles. The predicted octanol–water partition coefficient (Wildman–Crippen LogP) is 3.41. The predicted molar refractivity (Wildman–Crippen MR) is 78.2 cm³/mol. The molecule has 0 aliphatic heterocycles. The van der Waals surface area contributed by atoms with Gasteiger partial charge in [0.05, 0.1) is 5.02 Å². The van der Waals surface area contributed by atoms with Crippen LogP contribution in [0.2, 0.25) is 5.02 Å². The molecule has 0 aliphatic rings. The average molecular weight is 276 g/mol. The lowest BCUT2D eigenvalue weighted by Crippen LogP contribution is -2.24. The second kappa shape index (κ2) is 7.22. The number of pyridine rings is 2. The quantitative estimate of drug-likeness (QED) is 0.878. The van der Waals surface area contributed by atoms with Crippen molar-refractivity contribution in [3.8, 4) is 0 Å². The number of hydrogen-bond acceptors (Lipinski definition) is 3. The lowest BCUT2D eigenvalue weighted by Gasteiger charge is -2.19. The van der Waals surface area contributed by atoms with Gasteiger partial charge in [-0.3, -0.25) is 9.97 Å². The van der Waals surface area contributed by atoms with Crippen LogP contribution in [0.3, 0.4) is 0 Å². The maximum atomic E-state index is 6.18. The summed E-state index contributed by atoms with van der Waals surface area (Å²) in [6.45, 7) is 3.13. The number of hydrogen-bond donors (Lipinski definition) is 1. The van der Waals surface area contributed by atoms with Gasteiger partial charge in [0.25, 0.3) is 0 Å². The number of rotatable bonds is 6. The minimum Gasteiger partial charge on any atom is -0.310 e. The van der Waals surface area contributed by atoms with Crippen molar-refractivity contribution in [2.75, 3.05) is 6.54 Å². The molecule has 0 aromatic carbocycles. The van der Waals surface area contributed by atoms with Crippen LogP contribution < -0.4 is 5.32 Å². The Labute approximate surface area is 119 Å². The zero-order chi connectivity index (χ0) is 13.5. The smallest absolute Gasteiger partial charge is 0.0622 e. The van der Waals surface area contributed by atoms with E-state index in [1.54, 1.807) is 18.6 Å². The van der Waals surface area contributed by atoms with Crippen LogP contribution >= 0.6 is 11.6 Å². The lowest BCUT2D eigenvalue weighted by atomic mass is 10.0. The van der Waals surface area contributed by atoms with Crippen molar-refractivity contribution in [2.24, 2.45) is 0 Å². The largest absolute Gasteiger partial charge is 0.310 e. The van der Waals surface area contributed by atoms with Gasteiger partial charge in [-0.25, -0.2) is 0 Å². The maximum absolute atomic E-state index is 6.18. The zero-order valence-corrected chi connectivity index (χ0v) is 11.8. The molecule has 19 heavy (non-hydrogen) atoms. The molecule has 2 aromatic heterocycles. The summed E-state index contributed by atoms with van der Waals surface area (Å²) in [5.41, 5.74) is 2.29. The molecule has 0 radical (unpaired) electrons. The van der Waals surface area contributed by atoms with Crippen molar-refractivity contribution < 1.29 is 0 Å². The van der Waals surface area contributed by atoms with E-state index in [1.165, 1.54) is 5.56 Å². The Hall–Kier alpha value is -1.45. The van der Waals surface area contributed by atoms with Gasteiger partial charge in [-0.2, -0.15) is 0 Å². The molecule has 1 N–H and O–H groups in total. The highest BCUT2D eigenvalue weighted by Gasteiger charge is 2.13. The SMILES string of the molecule is CCCNC(Cc1ccncc1Cl)c1cccnc1. The standard InChI is InChI=1S/C15H18ClN3/c1-2-6-19-15(13-4-3-7-17-10-13)9-12-5-8-18-11-14(12)16/h3-5,7-8,10-11,15,19H,2,6,9H2,1H3. The minimum absolute atomic E-state index is 0.230. The molecule has 1 atom stereocenters. The van der Waals surface area contributed by atoms with Gasteiger partial charge in [-0.15, -0.1) is 0 Å². The van der Waals surface area contributed by atoms with Gasteiger partial charge in [0.15, 0.2) is 0 Å². The molecule has 0 saturated heterocycles. The second-order valence-corrected chi connectivity index (χ2v) is 4.87. The molecule has 2 rings (SSSR count). The van der Waals surface area contributed by atoms with Crippen molar-refractivity contribution in [1.29, 1.82) is 0 Å². The van der Waals surface area contributed by atoms with E-state index < -0.39 is 0 Å². The van der Waals surface area contributed by atoms with Crippen LogP contribution in [0.1, 0.15) is 30.5 Å². The fraction of sp³-hybridized carbons (Fsp3) is 0.333. The van der Waals surface area contributed by atoms with Crippen molar-refractivity contribution in [1.82, 2.24) is 15.3 Å². The third-order valence-corrected chi connectivity index (χ3v) is 3.35. The number of aromatic nitrogens is 2. The van der Waals surface area contributed by atoms with Crippen LogP contribution in [0.25, 0.3) is 0 Å². The normalized spacial score (nSPS) is 12.3. The fourth-order valence-electron chi connectivity index (χ4n) is 2.00. The van der Waals surface area contributed by atoms with Crippen molar-refractivity contribution in [3.63, 3.8) is 0 Å². The van der Waals surface area contributed by atoms with Crippen molar-refractivity contribution in [2.45, 2.75) is 25.8 Å². The highest BCUT2D eigenvalue weighted by molar-refractivity contribution is 6.31. The van der Waals surface area contributed by atoms with Gasteiger partial charge in [0.2, 0.25) is 0 Å². The summed E-state index contributed by atoms with van der Waals surface area (Å²) in [5, 5.41) is 4.26. The Balaban J connectivity index is 2.17. The Morgan fingerprint density at radius 1 is 1.21 bits per heavy atom.